The molecule has 0 spiro atoms. The molecule has 0 aliphatic rings. The molecule has 0 aromatic heterocycles. The average molecular weight is 377 g/mol. The van der Waals surface area contributed by atoms with Crippen molar-refractivity contribution in [2.45, 2.75) is 17.9 Å². The highest BCUT2D eigenvalue weighted by atomic mass is 32.2. The van der Waals surface area contributed by atoms with Crippen molar-refractivity contribution in [2.75, 3.05) is 18.7 Å². The maximum Gasteiger partial charge on any atom is 0.338 e. The van der Waals surface area contributed by atoms with Crippen LogP contribution in [0, 0.1) is 0 Å². The van der Waals surface area contributed by atoms with Crippen molar-refractivity contribution in [2.24, 2.45) is 0 Å². The van der Waals surface area contributed by atoms with Crippen LogP contribution in [0.2, 0.25) is 0 Å². The van der Waals surface area contributed by atoms with E-state index >= 15 is 0 Å². The molecule has 2 aromatic carbocycles. The summed E-state index contributed by atoms with van der Waals surface area (Å²) in [5.74, 6) is -0.642. The van der Waals surface area contributed by atoms with Crippen LogP contribution in [0.1, 0.15) is 17.3 Å². The minimum absolute atomic E-state index is 0.0952. The van der Waals surface area contributed by atoms with Crippen LogP contribution in [0.4, 0.5) is 5.69 Å². The first-order valence-corrected chi connectivity index (χ1v) is 9.56. The smallest absolute Gasteiger partial charge is 0.338 e. The van der Waals surface area contributed by atoms with Crippen LogP contribution >= 0.6 is 0 Å². The molecule has 0 radical (unpaired) electrons. The molecule has 7 nitrogen and oxygen atoms in total. The number of carbonyl (C=O) groups excluding carboxylic acids is 2. The molecule has 0 fully saturated rings. The van der Waals surface area contributed by atoms with Gasteiger partial charge in [0, 0.05) is 18.0 Å². The number of hydrogen-bond donors (Lipinski definition) is 1. The maximum absolute atomic E-state index is 12.2. The first kappa shape index (κ1) is 19.5. The van der Waals surface area contributed by atoms with E-state index in [2.05, 4.69) is 5.32 Å². The van der Waals surface area contributed by atoms with Gasteiger partial charge in [0.05, 0.1) is 17.6 Å². The first-order valence-electron chi connectivity index (χ1n) is 7.66. The van der Waals surface area contributed by atoms with E-state index in [9.17, 15) is 18.0 Å². The van der Waals surface area contributed by atoms with Gasteiger partial charge < -0.3 is 14.8 Å². The SMILES string of the molecule is COc1cccc(NC(=O)[C@H](C)OC(=O)c2ccc(S(C)(=O)=O)cc2)c1. The molecule has 0 aliphatic carbocycles. The van der Waals surface area contributed by atoms with Crippen LogP contribution in [0.25, 0.3) is 0 Å². The molecule has 0 bridgehead atoms. The van der Waals surface area contributed by atoms with Crippen molar-refractivity contribution in [1.29, 1.82) is 0 Å². The number of carbonyl (C=O) groups is 2. The number of ether oxygens (including phenoxy) is 2. The Morgan fingerprint density at radius 1 is 1.08 bits per heavy atom. The van der Waals surface area contributed by atoms with Gasteiger partial charge in [0.2, 0.25) is 0 Å². The molecule has 0 saturated carbocycles. The lowest BCUT2D eigenvalue weighted by Gasteiger charge is -2.14. The van der Waals surface area contributed by atoms with Crippen molar-refractivity contribution in [3.8, 4) is 5.75 Å². The van der Waals surface area contributed by atoms with E-state index in [1.807, 2.05) is 0 Å². The van der Waals surface area contributed by atoms with Gasteiger partial charge in [-0.05, 0) is 43.3 Å². The maximum atomic E-state index is 12.2. The Morgan fingerprint density at radius 3 is 2.31 bits per heavy atom. The minimum atomic E-state index is -3.35. The predicted molar refractivity (Wildman–Crippen MR) is 96.1 cm³/mol. The zero-order valence-electron chi connectivity index (χ0n) is 14.6. The number of nitrogens with one attached hydrogen (secondary N) is 1. The van der Waals surface area contributed by atoms with E-state index in [1.165, 1.54) is 38.3 Å². The van der Waals surface area contributed by atoms with Crippen molar-refractivity contribution in [3.63, 3.8) is 0 Å². The van der Waals surface area contributed by atoms with Crippen molar-refractivity contribution < 1.29 is 27.5 Å². The molecule has 0 saturated heterocycles. The third-order valence-electron chi connectivity index (χ3n) is 3.51. The topological polar surface area (TPSA) is 98.8 Å². The van der Waals surface area contributed by atoms with Gasteiger partial charge >= 0.3 is 5.97 Å². The molecular weight excluding hydrogens is 358 g/mol. The third kappa shape index (κ3) is 5.06. The third-order valence-corrected chi connectivity index (χ3v) is 4.64. The minimum Gasteiger partial charge on any atom is -0.497 e. The molecular formula is C18H19NO6S. The van der Waals surface area contributed by atoms with Gasteiger partial charge in [-0.15, -0.1) is 0 Å². The highest BCUT2D eigenvalue weighted by Gasteiger charge is 2.19. The number of anilines is 1. The number of amides is 1. The lowest BCUT2D eigenvalue weighted by atomic mass is 10.2. The van der Waals surface area contributed by atoms with Gasteiger partial charge in [0.15, 0.2) is 15.9 Å². The van der Waals surface area contributed by atoms with Gasteiger partial charge in [-0.25, -0.2) is 13.2 Å². The molecule has 1 amide bonds. The Morgan fingerprint density at radius 2 is 1.73 bits per heavy atom. The van der Waals surface area contributed by atoms with Crippen molar-refractivity contribution in [1.82, 2.24) is 0 Å². The highest BCUT2D eigenvalue weighted by Crippen LogP contribution is 2.17. The summed E-state index contributed by atoms with van der Waals surface area (Å²) in [5.41, 5.74) is 0.660. The second-order valence-corrected chi connectivity index (χ2v) is 7.58. The first-order chi connectivity index (χ1) is 12.2. The Labute approximate surface area is 151 Å². The number of esters is 1. The highest BCUT2D eigenvalue weighted by molar-refractivity contribution is 7.90. The molecule has 1 N–H and O–H groups in total. The standard InChI is InChI=1S/C18H19NO6S/c1-12(17(20)19-14-5-4-6-15(11-14)24-2)25-18(21)13-7-9-16(10-8-13)26(3,22)23/h4-12H,1-3H3,(H,19,20)/t12-/m0/s1. The molecule has 26 heavy (non-hydrogen) atoms. The van der Waals surface area contributed by atoms with E-state index in [-0.39, 0.29) is 10.5 Å². The van der Waals surface area contributed by atoms with Crippen LogP contribution in [-0.2, 0) is 19.4 Å². The monoisotopic (exact) mass is 377 g/mol. The van der Waals surface area contributed by atoms with Crippen LogP contribution in [-0.4, -0.2) is 39.8 Å². The predicted octanol–water partition coefficient (Wildman–Crippen LogP) is 2.28. The lowest BCUT2D eigenvalue weighted by molar-refractivity contribution is -0.123. The molecule has 2 aromatic rings. The molecule has 0 heterocycles. The normalized spacial score (nSPS) is 12.1. The van der Waals surface area contributed by atoms with E-state index < -0.39 is 27.8 Å². The number of rotatable bonds is 6. The van der Waals surface area contributed by atoms with Gasteiger partial charge in [-0.2, -0.15) is 0 Å². The van der Waals surface area contributed by atoms with E-state index in [4.69, 9.17) is 9.47 Å². The molecule has 2 rings (SSSR count). The van der Waals surface area contributed by atoms with Crippen LogP contribution in [0.5, 0.6) is 5.75 Å². The second kappa shape index (κ2) is 8.01. The summed E-state index contributed by atoms with van der Waals surface area (Å²) in [5, 5.41) is 2.63. The Bertz CT molecular complexity index is 906. The molecule has 1 atom stereocenters. The molecule has 0 aliphatic heterocycles. The number of benzene rings is 2. The summed E-state index contributed by atoms with van der Waals surface area (Å²) < 4.78 is 33.0. The largest absolute Gasteiger partial charge is 0.497 e. The summed E-state index contributed by atoms with van der Waals surface area (Å²) >= 11 is 0. The number of methoxy groups -OCH3 is 1. The molecule has 0 unspecified atom stereocenters. The molecule has 138 valence electrons. The molecule has 8 heteroatoms. The fraction of sp³-hybridized carbons (Fsp3) is 0.222. The average Bonchev–Trinajstić information content (AvgIpc) is 2.61. The summed E-state index contributed by atoms with van der Waals surface area (Å²) in [4.78, 5) is 24.4. The van der Waals surface area contributed by atoms with Gasteiger partial charge in [-0.3, -0.25) is 4.79 Å². The second-order valence-electron chi connectivity index (χ2n) is 5.57. The van der Waals surface area contributed by atoms with Gasteiger partial charge in [0.25, 0.3) is 5.91 Å². The van der Waals surface area contributed by atoms with Gasteiger partial charge in [0.1, 0.15) is 5.75 Å². The Hall–Kier alpha value is -2.87. The van der Waals surface area contributed by atoms with E-state index in [1.54, 1.807) is 24.3 Å². The fourth-order valence-electron chi connectivity index (χ4n) is 2.07. The summed E-state index contributed by atoms with van der Waals surface area (Å²) in [6.07, 6.45) is 0.0361. The van der Waals surface area contributed by atoms with Crippen LogP contribution < -0.4 is 10.1 Å². The summed E-state index contributed by atoms with van der Waals surface area (Å²) in [6.45, 7) is 1.44. The van der Waals surface area contributed by atoms with Gasteiger partial charge in [-0.1, -0.05) is 6.07 Å². The Balaban J connectivity index is 2.00. The number of hydrogen-bond acceptors (Lipinski definition) is 6. The van der Waals surface area contributed by atoms with E-state index in [0.29, 0.717) is 11.4 Å². The lowest BCUT2D eigenvalue weighted by Crippen LogP contribution is -2.30. The summed E-state index contributed by atoms with van der Waals surface area (Å²) in [7, 11) is -1.83. The fourth-order valence-corrected chi connectivity index (χ4v) is 2.70. The quantitative estimate of drug-likeness (QED) is 0.776. The zero-order valence-corrected chi connectivity index (χ0v) is 15.4. The van der Waals surface area contributed by atoms with E-state index in [0.717, 1.165) is 6.26 Å². The van der Waals surface area contributed by atoms with Crippen LogP contribution in [0.3, 0.4) is 0 Å². The summed E-state index contributed by atoms with van der Waals surface area (Å²) in [6, 6.07) is 12.1. The van der Waals surface area contributed by atoms with Crippen molar-refractivity contribution in [3.05, 3.63) is 54.1 Å². The number of sulfone groups is 1. The van der Waals surface area contributed by atoms with Crippen LogP contribution in [0.15, 0.2) is 53.4 Å². The zero-order chi connectivity index (χ0) is 19.3. The van der Waals surface area contributed by atoms with Crippen molar-refractivity contribution >= 4 is 27.4 Å². The Kier molecular flexibility index (Phi) is 5.99.